The highest BCUT2D eigenvalue weighted by atomic mass is 32.1. The first-order valence-corrected chi connectivity index (χ1v) is 7.83. The Hall–Kier alpha value is -2.51. The zero-order chi connectivity index (χ0) is 16.2. The van der Waals surface area contributed by atoms with E-state index >= 15 is 0 Å². The smallest absolute Gasteiger partial charge is 0.358 e. The van der Waals surface area contributed by atoms with Gasteiger partial charge in [0.2, 0.25) is 0 Å². The number of benzene rings is 1. The number of imide groups is 1. The van der Waals surface area contributed by atoms with Gasteiger partial charge >= 0.3 is 5.97 Å². The van der Waals surface area contributed by atoms with Gasteiger partial charge in [-0.2, -0.15) is 0 Å². The fraction of sp³-hybridized carbons (Fsp3) is 0.188. The minimum absolute atomic E-state index is 0.226. The van der Waals surface area contributed by atoms with E-state index in [1.54, 1.807) is 23.5 Å². The monoisotopic (exact) mass is 331 g/mol. The van der Waals surface area contributed by atoms with Crippen molar-refractivity contribution in [1.29, 1.82) is 0 Å². The van der Waals surface area contributed by atoms with E-state index in [0.29, 0.717) is 18.1 Å². The molecule has 0 unspecified atom stereocenters. The van der Waals surface area contributed by atoms with Crippen molar-refractivity contribution >= 4 is 29.1 Å². The Labute approximate surface area is 136 Å². The third-order valence-electron chi connectivity index (χ3n) is 3.24. The van der Waals surface area contributed by atoms with Gasteiger partial charge < -0.3 is 9.57 Å². The summed E-state index contributed by atoms with van der Waals surface area (Å²) in [5.41, 5.74) is 0.452. The summed E-state index contributed by atoms with van der Waals surface area (Å²) in [5.74, 6) is -2.07. The predicted molar refractivity (Wildman–Crippen MR) is 81.9 cm³/mol. The van der Waals surface area contributed by atoms with Crippen LogP contribution >= 0.6 is 11.3 Å². The van der Waals surface area contributed by atoms with E-state index in [-0.39, 0.29) is 17.7 Å². The molecule has 1 aliphatic rings. The zero-order valence-electron chi connectivity index (χ0n) is 12.1. The van der Waals surface area contributed by atoms with Crippen molar-refractivity contribution in [2.75, 3.05) is 13.2 Å². The summed E-state index contributed by atoms with van der Waals surface area (Å²) in [5, 5.41) is 2.45. The topological polar surface area (TPSA) is 72.9 Å². The lowest BCUT2D eigenvalue weighted by molar-refractivity contribution is -0.173. The van der Waals surface area contributed by atoms with Crippen molar-refractivity contribution in [3.8, 4) is 0 Å². The van der Waals surface area contributed by atoms with Gasteiger partial charge in [-0.3, -0.25) is 9.59 Å². The Balaban J connectivity index is 1.49. The predicted octanol–water partition coefficient (Wildman–Crippen LogP) is 2.06. The Bertz CT molecular complexity index is 706. The number of hydrogen-bond donors (Lipinski definition) is 0. The Morgan fingerprint density at radius 3 is 2.35 bits per heavy atom. The maximum Gasteiger partial charge on any atom is 0.358 e. The molecule has 118 valence electrons. The fourth-order valence-electron chi connectivity index (χ4n) is 2.16. The Morgan fingerprint density at radius 1 is 1.04 bits per heavy atom. The second-order valence-electron chi connectivity index (χ2n) is 4.80. The van der Waals surface area contributed by atoms with Gasteiger partial charge in [0.1, 0.15) is 6.61 Å². The summed E-state index contributed by atoms with van der Waals surface area (Å²) in [6.45, 7) is 0.0382. The molecule has 1 aromatic heterocycles. The van der Waals surface area contributed by atoms with E-state index in [2.05, 4.69) is 0 Å². The first kappa shape index (κ1) is 15.4. The molecule has 2 amide bonds. The highest BCUT2D eigenvalue weighted by Gasteiger charge is 2.38. The number of carbonyl (C=O) groups is 3. The standard InChI is InChI=1S/C16H13NO5S/c18-14(10-21-8-7-11-4-3-9-23-11)22-17-15(19)12-5-1-2-6-13(12)16(17)20/h1-6,9H,7-8,10H2. The van der Waals surface area contributed by atoms with Crippen LogP contribution in [0, 0.1) is 0 Å². The molecule has 6 nitrogen and oxygen atoms in total. The molecule has 0 saturated heterocycles. The molecule has 3 rings (SSSR count). The molecule has 0 spiro atoms. The molecule has 2 heterocycles. The van der Waals surface area contributed by atoms with Crippen molar-refractivity contribution in [2.24, 2.45) is 0 Å². The highest BCUT2D eigenvalue weighted by molar-refractivity contribution is 7.09. The van der Waals surface area contributed by atoms with E-state index in [4.69, 9.17) is 9.57 Å². The molecule has 0 bridgehead atoms. The molecule has 7 heteroatoms. The second kappa shape index (κ2) is 6.72. The maximum atomic E-state index is 12.0. The summed E-state index contributed by atoms with van der Waals surface area (Å²) < 4.78 is 5.21. The number of thiophene rings is 1. The fourth-order valence-corrected chi connectivity index (χ4v) is 2.85. The third kappa shape index (κ3) is 3.30. The van der Waals surface area contributed by atoms with Gasteiger partial charge in [0.25, 0.3) is 11.8 Å². The van der Waals surface area contributed by atoms with Crippen molar-refractivity contribution in [2.45, 2.75) is 6.42 Å². The lowest BCUT2D eigenvalue weighted by Gasteiger charge is -2.12. The molecule has 0 N–H and O–H groups in total. The molecule has 23 heavy (non-hydrogen) atoms. The SMILES string of the molecule is O=C(COCCc1cccs1)ON1C(=O)c2ccccc2C1=O. The minimum Gasteiger partial charge on any atom is -0.369 e. The zero-order valence-corrected chi connectivity index (χ0v) is 12.9. The summed E-state index contributed by atoms with van der Waals surface area (Å²) in [7, 11) is 0. The van der Waals surface area contributed by atoms with Gasteiger partial charge in [0.05, 0.1) is 17.7 Å². The number of fused-ring (bicyclic) bond motifs is 1. The molecule has 0 radical (unpaired) electrons. The number of nitrogens with zero attached hydrogens (tertiary/aromatic N) is 1. The molecule has 2 aromatic rings. The summed E-state index contributed by atoms with van der Waals surface area (Å²) >= 11 is 1.61. The van der Waals surface area contributed by atoms with Crippen molar-refractivity contribution in [1.82, 2.24) is 5.06 Å². The van der Waals surface area contributed by atoms with E-state index in [1.165, 1.54) is 12.1 Å². The van der Waals surface area contributed by atoms with Crippen LogP contribution < -0.4 is 0 Å². The quantitative estimate of drug-likeness (QED) is 0.598. The van der Waals surface area contributed by atoms with Crippen LogP contribution in [0.4, 0.5) is 0 Å². The molecular weight excluding hydrogens is 318 g/mol. The van der Waals surface area contributed by atoms with Crippen LogP contribution in [-0.2, 0) is 20.8 Å². The second-order valence-corrected chi connectivity index (χ2v) is 5.83. The maximum absolute atomic E-state index is 12.0. The van der Waals surface area contributed by atoms with Gasteiger partial charge in [-0.25, -0.2) is 4.79 Å². The molecule has 1 aliphatic heterocycles. The van der Waals surface area contributed by atoms with Gasteiger partial charge in [-0.15, -0.1) is 11.3 Å². The van der Waals surface area contributed by atoms with Crippen LogP contribution in [0.2, 0.25) is 0 Å². The number of carbonyl (C=O) groups excluding carboxylic acids is 3. The van der Waals surface area contributed by atoms with E-state index < -0.39 is 17.8 Å². The number of hydroxylamine groups is 2. The average molecular weight is 331 g/mol. The molecule has 1 aromatic carbocycles. The number of hydrogen-bond acceptors (Lipinski definition) is 6. The lowest BCUT2D eigenvalue weighted by atomic mass is 10.1. The third-order valence-corrected chi connectivity index (χ3v) is 4.18. The Kier molecular flexibility index (Phi) is 4.50. The molecule has 0 atom stereocenters. The molecule has 0 aliphatic carbocycles. The van der Waals surface area contributed by atoms with Gasteiger partial charge in [0.15, 0.2) is 0 Å². The summed E-state index contributed by atoms with van der Waals surface area (Å²) in [6.07, 6.45) is 0.692. The minimum atomic E-state index is -0.786. The summed E-state index contributed by atoms with van der Waals surface area (Å²) in [4.78, 5) is 41.7. The van der Waals surface area contributed by atoms with Gasteiger partial charge in [0, 0.05) is 11.3 Å². The van der Waals surface area contributed by atoms with Crippen LogP contribution in [0.1, 0.15) is 25.6 Å². The van der Waals surface area contributed by atoms with Crippen LogP contribution in [0.5, 0.6) is 0 Å². The number of ether oxygens (including phenoxy) is 1. The van der Waals surface area contributed by atoms with E-state index in [0.717, 1.165) is 4.88 Å². The number of rotatable bonds is 6. The average Bonchev–Trinajstić information content (AvgIpc) is 3.15. The number of amides is 2. The largest absolute Gasteiger partial charge is 0.369 e. The van der Waals surface area contributed by atoms with Gasteiger partial charge in [-0.1, -0.05) is 23.3 Å². The first-order valence-electron chi connectivity index (χ1n) is 6.95. The van der Waals surface area contributed by atoms with Crippen molar-refractivity contribution in [3.63, 3.8) is 0 Å². The van der Waals surface area contributed by atoms with Crippen LogP contribution in [0.3, 0.4) is 0 Å². The lowest BCUT2D eigenvalue weighted by Crippen LogP contribution is -2.34. The van der Waals surface area contributed by atoms with E-state index in [1.807, 2.05) is 17.5 Å². The van der Waals surface area contributed by atoms with Crippen LogP contribution in [0.25, 0.3) is 0 Å². The highest BCUT2D eigenvalue weighted by Crippen LogP contribution is 2.22. The first-order chi connectivity index (χ1) is 11.2. The normalized spacial score (nSPS) is 13.3. The summed E-state index contributed by atoms with van der Waals surface area (Å²) in [6, 6.07) is 10.2. The van der Waals surface area contributed by atoms with Crippen molar-refractivity contribution in [3.05, 3.63) is 57.8 Å². The van der Waals surface area contributed by atoms with E-state index in [9.17, 15) is 14.4 Å². The Morgan fingerprint density at radius 2 is 1.74 bits per heavy atom. The molecule has 0 saturated carbocycles. The molecule has 0 fully saturated rings. The van der Waals surface area contributed by atoms with Crippen molar-refractivity contribution < 1.29 is 24.0 Å². The van der Waals surface area contributed by atoms with Crippen LogP contribution in [-0.4, -0.2) is 36.1 Å². The molecular formula is C16H13NO5S. The van der Waals surface area contributed by atoms with Crippen LogP contribution in [0.15, 0.2) is 41.8 Å². The van der Waals surface area contributed by atoms with Gasteiger partial charge in [-0.05, 0) is 23.6 Å².